The van der Waals surface area contributed by atoms with Crippen LogP contribution in [-0.4, -0.2) is 22.3 Å². The van der Waals surface area contributed by atoms with Gasteiger partial charge in [0.1, 0.15) is 12.3 Å². The van der Waals surface area contributed by atoms with Crippen LogP contribution < -0.4 is 10.1 Å². The lowest BCUT2D eigenvalue weighted by atomic mass is 10.2. The topological polar surface area (TPSA) is 56.1 Å². The average Bonchev–Trinajstić information content (AvgIpc) is 2.96. The standard InChI is InChI=1S/C19H21N3O2/c1-3-24-18-7-5-4-6-16(18)11-20-19(23)13-22-17-10-14(2)8-9-15(17)12-21-22/h4-10,12H,3,11,13H2,1-2H3,(H,20,23). The quantitative estimate of drug-likeness (QED) is 0.758. The molecule has 24 heavy (non-hydrogen) atoms. The molecule has 2 aromatic carbocycles. The molecule has 1 heterocycles. The van der Waals surface area contributed by atoms with E-state index < -0.39 is 0 Å². The van der Waals surface area contributed by atoms with Crippen LogP contribution in [0.25, 0.3) is 10.9 Å². The highest BCUT2D eigenvalue weighted by atomic mass is 16.5. The molecule has 0 radical (unpaired) electrons. The van der Waals surface area contributed by atoms with Gasteiger partial charge in [-0.1, -0.05) is 30.3 Å². The maximum atomic E-state index is 12.3. The van der Waals surface area contributed by atoms with Gasteiger partial charge in [0.25, 0.3) is 0 Å². The second-order valence-electron chi connectivity index (χ2n) is 5.68. The van der Waals surface area contributed by atoms with E-state index in [1.165, 1.54) is 0 Å². The summed E-state index contributed by atoms with van der Waals surface area (Å²) in [5, 5.41) is 8.28. The molecule has 5 nitrogen and oxygen atoms in total. The fraction of sp³-hybridized carbons (Fsp3) is 0.263. The lowest BCUT2D eigenvalue weighted by Gasteiger charge is -2.11. The van der Waals surface area contributed by atoms with Crippen molar-refractivity contribution in [2.75, 3.05) is 6.61 Å². The van der Waals surface area contributed by atoms with Crippen LogP contribution in [0.4, 0.5) is 0 Å². The number of rotatable bonds is 6. The van der Waals surface area contributed by atoms with Crippen LogP contribution in [0.1, 0.15) is 18.1 Å². The summed E-state index contributed by atoms with van der Waals surface area (Å²) >= 11 is 0. The van der Waals surface area contributed by atoms with Gasteiger partial charge in [0, 0.05) is 17.5 Å². The van der Waals surface area contributed by atoms with Crippen molar-refractivity contribution in [2.24, 2.45) is 0 Å². The van der Waals surface area contributed by atoms with E-state index >= 15 is 0 Å². The summed E-state index contributed by atoms with van der Waals surface area (Å²) in [4.78, 5) is 12.3. The fourth-order valence-corrected chi connectivity index (χ4v) is 2.64. The minimum absolute atomic E-state index is 0.0761. The first-order chi connectivity index (χ1) is 11.7. The number of fused-ring (bicyclic) bond motifs is 1. The van der Waals surface area contributed by atoms with E-state index in [0.717, 1.165) is 27.8 Å². The van der Waals surface area contributed by atoms with E-state index in [9.17, 15) is 4.79 Å². The highest BCUT2D eigenvalue weighted by molar-refractivity contribution is 5.82. The number of amides is 1. The Morgan fingerprint density at radius 3 is 2.92 bits per heavy atom. The Bertz CT molecular complexity index is 855. The monoisotopic (exact) mass is 323 g/mol. The maximum Gasteiger partial charge on any atom is 0.242 e. The van der Waals surface area contributed by atoms with Gasteiger partial charge in [0.2, 0.25) is 5.91 Å². The minimum Gasteiger partial charge on any atom is -0.494 e. The number of carbonyl (C=O) groups is 1. The van der Waals surface area contributed by atoms with Gasteiger partial charge in [-0.25, -0.2) is 0 Å². The van der Waals surface area contributed by atoms with Crippen molar-refractivity contribution < 1.29 is 9.53 Å². The first-order valence-corrected chi connectivity index (χ1v) is 8.07. The van der Waals surface area contributed by atoms with Gasteiger partial charge in [-0.15, -0.1) is 0 Å². The minimum atomic E-state index is -0.0761. The second-order valence-corrected chi connectivity index (χ2v) is 5.68. The number of aryl methyl sites for hydroxylation is 1. The Kier molecular flexibility index (Phi) is 4.79. The van der Waals surface area contributed by atoms with Crippen molar-refractivity contribution >= 4 is 16.8 Å². The molecule has 1 N–H and O–H groups in total. The second kappa shape index (κ2) is 7.17. The molecule has 1 aromatic heterocycles. The van der Waals surface area contributed by atoms with E-state index in [2.05, 4.69) is 10.4 Å². The van der Waals surface area contributed by atoms with Crippen molar-refractivity contribution in [3.05, 3.63) is 59.8 Å². The molecule has 5 heteroatoms. The Balaban J connectivity index is 1.66. The normalized spacial score (nSPS) is 10.8. The van der Waals surface area contributed by atoms with Gasteiger partial charge < -0.3 is 10.1 Å². The van der Waals surface area contributed by atoms with Crippen LogP contribution in [0.15, 0.2) is 48.7 Å². The number of benzene rings is 2. The molecular formula is C19H21N3O2. The zero-order chi connectivity index (χ0) is 16.9. The largest absolute Gasteiger partial charge is 0.494 e. The van der Waals surface area contributed by atoms with Crippen LogP contribution in [0, 0.1) is 6.92 Å². The van der Waals surface area contributed by atoms with Crippen LogP contribution in [0.2, 0.25) is 0 Å². The zero-order valence-corrected chi connectivity index (χ0v) is 14.0. The molecule has 0 saturated carbocycles. The molecule has 0 saturated heterocycles. The van der Waals surface area contributed by atoms with Crippen molar-refractivity contribution in [1.82, 2.24) is 15.1 Å². The van der Waals surface area contributed by atoms with E-state index in [1.54, 1.807) is 10.9 Å². The summed E-state index contributed by atoms with van der Waals surface area (Å²) < 4.78 is 7.31. The molecule has 0 unspecified atom stereocenters. The van der Waals surface area contributed by atoms with E-state index in [-0.39, 0.29) is 12.5 Å². The zero-order valence-electron chi connectivity index (χ0n) is 14.0. The smallest absolute Gasteiger partial charge is 0.242 e. The van der Waals surface area contributed by atoms with Crippen LogP contribution >= 0.6 is 0 Å². The predicted octanol–water partition coefficient (Wildman–Crippen LogP) is 3.06. The number of para-hydroxylation sites is 1. The van der Waals surface area contributed by atoms with Gasteiger partial charge in [-0.05, 0) is 31.5 Å². The molecule has 0 atom stereocenters. The van der Waals surface area contributed by atoms with E-state index in [1.807, 2.05) is 56.3 Å². The number of nitrogens with zero attached hydrogens (tertiary/aromatic N) is 2. The van der Waals surface area contributed by atoms with Gasteiger partial charge in [-0.3, -0.25) is 9.48 Å². The first-order valence-electron chi connectivity index (χ1n) is 8.07. The summed E-state index contributed by atoms with van der Waals surface area (Å²) in [5.74, 6) is 0.730. The molecule has 0 aliphatic carbocycles. The van der Waals surface area contributed by atoms with Crippen molar-refractivity contribution in [3.8, 4) is 5.75 Å². The highest BCUT2D eigenvalue weighted by Gasteiger charge is 2.09. The summed E-state index contributed by atoms with van der Waals surface area (Å²) in [6.07, 6.45) is 1.78. The molecule has 3 aromatic rings. The summed E-state index contributed by atoms with van der Waals surface area (Å²) in [6.45, 7) is 5.21. The Morgan fingerprint density at radius 1 is 1.25 bits per heavy atom. The number of aromatic nitrogens is 2. The summed E-state index contributed by atoms with van der Waals surface area (Å²) in [6, 6.07) is 13.8. The van der Waals surface area contributed by atoms with Gasteiger partial charge in [0.05, 0.1) is 18.3 Å². The summed E-state index contributed by atoms with van der Waals surface area (Å²) in [7, 11) is 0. The highest BCUT2D eigenvalue weighted by Crippen LogP contribution is 2.18. The maximum absolute atomic E-state index is 12.3. The molecule has 0 aliphatic heterocycles. The Morgan fingerprint density at radius 2 is 2.08 bits per heavy atom. The lowest BCUT2D eigenvalue weighted by molar-refractivity contribution is -0.121. The third-order valence-electron chi connectivity index (χ3n) is 3.84. The van der Waals surface area contributed by atoms with Crippen LogP contribution in [-0.2, 0) is 17.9 Å². The van der Waals surface area contributed by atoms with Gasteiger partial charge >= 0.3 is 0 Å². The van der Waals surface area contributed by atoms with Crippen molar-refractivity contribution in [1.29, 1.82) is 0 Å². The molecule has 1 amide bonds. The fourth-order valence-electron chi connectivity index (χ4n) is 2.64. The number of hydrogen-bond acceptors (Lipinski definition) is 3. The molecule has 0 aliphatic rings. The van der Waals surface area contributed by atoms with E-state index in [4.69, 9.17) is 4.74 Å². The SMILES string of the molecule is CCOc1ccccc1CNC(=O)Cn1ncc2ccc(C)cc21. The number of hydrogen-bond donors (Lipinski definition) is 1. The van der Waals surface area contributed by atoms with Gasteiger partial charge in [-0.2, -0.15) is 5.10 Å². The number of ether oxygens (including phenoxy) is 1. The molecule has 0 fully saturated rings. The summed E-state index contributed by atoms with van der Waals surface area (Å²) in [5.41, 5.74) is 3.09. The molecular weight excluding hydrogens is 302 g/mol. The first kappa shape index (κ1) is 16.1. The number of carbonyl (C=O) groups excluding carboxylic acids is 1. The molecule has 124 valence electrons. The number of nitrogens with one attached hydrogen (secondary N) is 1. The van der Waals surface area contributed by atoms with E-state index in [0.29, 0.717) is 13.2 Å². The Hall–Kier alpha value is -2.82. The predicted molar refractivity (Wildman–Crippen MR) is 93.9 cm³/mol. The third-order valence-corrected chi connectivity index (χ3v) is 3.84. The lowest BCUT2D eigenvalue weighted by Crippen LogP contribution is -2.27. The molecule has 0 bridgehead atoms. The average molecular weight is 323 g/mol. The van der Waals surface area contributed by atoms with Crippen molar-refractivity contribution in [2.45, 2.75) is 26.9 Å². The van der Waals surface area contributed by atoms with Crippen LogP contribution in [0.3, 0.4) is 0 Å². The Labute approximate surface area is 141 Å². The van der Waals surface area contributed by atoms with Crippen LogP contribution in [0.5, 0.6) is 5.75 Å². The van der Waals surface area contributed by atoms with Gasteiger partial charge in [0.15, 0.2) is 0 Å². The molecule has 0 spiro atoms. The third kappa shape index (κ3) is 3.56. The van der Waals surface area contributed by atoms with Crippen molar-refractivity contribution in [3.63, 3.8) is 0 Å². The molecule has 3 rings (SSSR count).